The van der Waals surface area contributed by atoms with Crippen LogP contribution in [0.5, 0.6) is 0 Å². The number of aryl methyl sites for hydroxylation is 1. The first kappa shape index (κ1) is 12.3. The minimum Gasteiger partial charge on any atom is -0.187 e. The van der Waals surface area contributed by atoms with E-state index < -0.39 is 0 Å². The molecule has 0 aliphatic rings. The summed E-state index contributed by atoms with van der Waals surface area (Å²) in [6, 6.07) is 5.89. The van der Waals surface area contributed by atoms with E-state index in [-0.39, 0.29) is 0 Å². The molecule has 0 spiro atoms. The Morgan fingerprint density at radius 1 is 1.39 bits per heavy atom. The molecule has 0 atom stereocenters. The monoisotopic (exact) mass is 390 g/mol. The van der Waals surface area contributed by atoms with Crippen molar-refractivity contribution in [3.63, 3.8) is 0 Å². The van der Waals surface area contributed by atoms with Gasteiger partial charge in [-0.15, -0.1) is 10.2 Å². The number of aromatic nitrogens is 4. The van der Waals surface area contributed by atoms with E-state index in [2.05, 4.69) is 37.9 Å². The SMILES string of the molecule is CCc1nnc2sc(-c3cc(I)ccc3Cl)nn12. The summed E-state index contributed by atoms with van der Waals surface area (Å²) in [5.74, 6) is 0.870. The molecule has 4 nitrogen and oxygen atoms in total. The van der Waals surface area contributed by atoms with Crippen molar-refractivity contribution < 1.29 is 0 Å². The molecule has 0 bridgehead atoms. The minimum atomic E-state index is 0.707. The molecule has 92 valence electrons. The summed E-state index contributed by atoms with van der Waals surface area (Å²) in [5.41, 5.74) is 0.945. The van der Waals surface area contributed by atoms with Gasteiger partial charge in [0.1, 0.15) is 5.01 Å². The molecule has 0 unspecified atom stereocenters. The van der Waals surface area contributed by atoms with Crippen molar-refractivity contribution in [1.82, 2.24) is 19.8 Å². The van der Waals surface area contributed by atoms with Gasteiger partial charge in [-0.2, -0.15) is 9.61 Å². The summed E-state index contributed by atoms with van der Waals surface area (Å²) in [7, 11) is 0. The standard InChI is InChI=1S/C11H8ClIN4S/c1-2-9-14-15-11-17(9)16-10(18-11)7-5-6(13)3-4-8(7)12/h3-5H,2H2,1H3. The average Bonchev–Trinajstić information content (AvgIpc) is 2.91. The fourth-order valence-corrected chi connectivity index (χ4v) is 3.29. The van der Waals surface area contributed by atoms with Crippen LogP contribution in [0, 0.1) is 3.57 Å². The van der Waals surface area contributed by atoms with Crippen molar-refractivity contribution in [3.8, 4) is 10.6 Å². The molecule has 2 heterocycles. The predicted molar refractivity (Wildman–Crippen MR) is 81.2 cm³/mol. The largest absolute Gasteiger partial charge is 0.234 e. The second-order valence-corrected chi connectivity index (χ2v) is 6.30. The molecule has 18 heavy (non-hydrogen) atoms. The lowest BCUT2D eigenvalue weighted by atomic mass is 10.2. The number of halogens is 2. The second-order valence-electron chi connectivity index (χ2n) is 3.70. The normalized spacial score (nSPS) is 11.3. The van der Waals surface area contributed by atoms with E-state index in [0.717, 1.165) is 31.3 Å². The highest BCUT2D eigenvalue weighted by molar-refractivity contribution is 14.1. The number of nitrogens with zero attached hydrogens (tertiary/aromatic N) is 4. The zero-order valence-electron chi connectivity index (χ0n) is 9.39. The Balaban J connectivity index is 2.19. The highest BCUT2D eigenvalue weighted by atomic mass is 127. The van der Waals surface area contributed by atoms with Crippen LogP contribution >= 0.6 is 45.5 Å². The van der Waals surface area contributed by atoms with Crippen LogP contribution in [0.2, 0.25) is 5.02 Å². The van der Waals surface area contributed by atoms with E-state index in [9.17, 15) is 0 Å². The Bertz CT molecular complexity index is 721. The fourth-order valence-electron chi connectivity index (χ4n) is 1.65. The maximum atomic E-state index is 6.22. The number of benzene rings is 1. The van der Waals surface area contributed by atoms with Crippen LogP contribution in [0.4, 0.5) is 0 Å². The third kappa shape index (κ3) is 2.02. The lowest BCUT2D eigenvalue weighted by Gasteiger charge is -2.00. The van der Waals surface area contributed by atoms with Crippen molar-refractivity contribution in [3.05, 3.63) is 32.6 Å². The van der Waals surface area contributed by atoms with Crippen LogP contribution in [-0.4, -0.2) is 19.8 Å². The molecule has 3 rings (SSSR count). The van der Waals surface area contributed by atoms with E-state index in [1.807, 2.05) is 25.1 Å². The Morgan fingerprint density at radius 3 is 3.00 bits per heavy atom. The van der Waals surface area contributed by atoms with Gasteiger partial charge in [0.2, 0.25) is 4.96 Å². The van der Waals surface area contributed by atoms with Crippen LogP contribution in [0.3, 0.4) is 0 Å². The lowest BCUT2D eigenvalue weighted by molar-refractivity contribution is 0.838. The maximum Gasteiger partial charge on any atom is 0.234 e. The highest BCUT2D eigenvalue weighted by Crippen LogP contribution is 2.32. The van der Waals surface area contributed by atoms with Crippen molar-refractivity contribution in [2.45, 2.75) is 13.3 Å². The maximum absolute atomic E-state index is 6.22. The smallest absolute Gasteiger partial charge is 0.187 e. The van der Waals surface area contributed by atoms with Gasteiger partial charge in [-0.1, -0.05) is 29.9 Å². The van der Waals surface area contributed by atoms with Crippen LogP contribution in [0.25, 0.3) is 15.5 Å². The van der Waals surface area contributed by atoms with E-state index in [0.29, 0.717) is 5.02 Å². The van der Waals surface area contributed by atoms with Gasteiger partial charge < -0.3 is 0 Å². The zero-order chi connectivity index (χ0) is 12.7. The van der Waals surface area contributed by atoms with Gasteiger partial charge in [-0.05, 0) is 40.8 Å². The van der Waals surface area contributed by atoms with Crippen molar-refractivity contribution in [1.29, 1.82) is 0 Å². The van der Waals surface area contributed by atoms with Gasteiger partial charge in [-0.3, -0.25) is 0 Å². The molecule has 7 heteroatoms. The first-order valence-electron chi connectivity index (χ1n) is 5.35. The van der Waals surface area contributed by atoms with Crippen molar-refractivity contribution >= 4 is 50.5 Å². The molecule has 0 amide bonds. The Kier molecular flexibility index (Phi) is 3.25. The highest BCUT2D eigenvalue weighted by Gasteiger charge is 2.14. The van der Waals surface area contributed by atoms with Crippen molar-refractivity contribution in [2.75, 3.05) is 0 Å². The van der Waals surface area contributed by atoms with Gasteiger partial charge in [0.25, 0.3) is 0 Å². The molecule has 0 radical (unpaired) electrons. The fraction of sp³-hybridized carbons (Fsp3) is 0.182. The van der Waals surface area contributed by atoms with Gasteiger partial charge >= 0.3 is 0 Å². The molecule has 3 aromatic rings. The van der Waals surface area contributed by atoms with Crippen molar-refractivity contribution in [2.24, 2.45) is 0 Å². The molecule has 0 saturated heterocycles. The van der Waals surface area contributed by atoms with Gasteiger partial charge in [0.05, 0.1) is 5.02 Å². The molecule has 0 N–H and O–H groups in total. The van der Waals surface area contributed by atoms with Crippen LogP contribution < -0.4 is 0 Å². The van der Waals surface area contributed by atoms with Crippen LogP contribution in [0.15, 0.2) is 18.2 Å². The number of fused-ring (bicyclic) bond motifs is 1. The van der Waals surface area contributed by atoms with Gasteiger partial charge in [0, 0.05) is 15.6 Å². The summed E-state index contributed by atoms with van der Waals surface area (Å²) in [4.78, 5) is 0.803. The molecule has 2 aromatic heterocycles. The third-order valence-electron chi connectivity index (χ3n) is 2.53. The van der Waals surface area contributed by atoms with E-state index in [4.69, 9.17) is 11.6 Å². The lowest BCUT2D eigenvalue weighted by Crippen LogP contribution is -1.93. The van der Waals surface area contributed by atoms with Crippen LogP contribution in [-0.2, 0) is 6.42 Å². The van der Waals surface area contributed by atoms with E-state index in [1.165, 1.54) is 11.3 Å². The number of hydrogen-bond donors (Lipinski definition) is 0. The molecule has 0 aliphatic heterocycles. The molecular formula is C11H8ClIN4S. The average molecular weight is 391 g/mol. The summed E-state index contributed by atoms with van der Waals surface area (Å²) < 4.78 is 2.92. The number of hydrogen-bond acceptors (Lipinski definition) is 4. The summed E-state index contributed by atoms with van der Waals surface area (Å²) in [6.07, 6.45) is 0.810. The first-order valence-corrected chi connectivity index (χ1v) is 7.63. The van der Waals surface area contributed by atoms with E-state index in [1.54, 1.807) is 4.52 Å². The zero-order valence-corrected chi connectivity index (χ0v) is 13.1. The molecule has 0 saturated carbocycles. The molecule has 0 fully saturated rings. The van der Waals surface area contributed by atoms with Gasteiger partial charge in [-0.25, -0.2) is 0 Å². The van der Waals surface area contributed by atoms with Gasteiger partial charge in [0.15, 0.2) is 5.82 Å². The number of rotatable bonds is 2. The summed E-state index contributed by atoms with van der Waals surface area (Å²) in [5, 5.41) is 14.3. The quantitative estimate of drug-likeness (QED) is 0.627. The Hall–Kier alpha value is -0.730. The summed E-state index contributed by atoms with van der Waals surface area (Å²) >= 11 is 9.98. The minimum absolute atomic E-state index is 0.707. The topological polar surface area (TPSA) is 43.1 Å². The first-order chi connectivity index (χ1) is 8.69. The second kappa shape index (κ2) is 4.75. The van der Waals surface area contributed by atoms with Crippen LogP contribution in [0.1, 0.15) is 12.7 Å². The Morgan fingerprint density at radius 2 is 2.22 bits per heavy atom. The third-order valence-corrected chi connectivity index (χ3v) is 4.46. The molecule has 1 aromatic carbocycles. The van der Waals surface area contributed by atoms with E-state index >= 15 is 0 Å². The predicted octanol–water partition coefficient (Wildman–Crippen LogP) is 3.67. The Labute approximate surface area is 126 Å². The molecule has 0 aliphatic carbocycles. The summed E-state index contributed by atoms with van der Waals surface area (Å²) in [6.45, 7) is 2.04. The molecular weight excluding hydrogens is 383 g/mol.